The Bertz CT molecular complexity index is 1280. The number of amides is 1. The number of nitrogens with one attached hydrogen (secondary N) is 1. The van der Waals surface area contributed by atoms with Gasteiger partial charge in [-0.3, -0.25) is 14.3 Å². The molecular weight excluding hydrogens is 472 g/mol. The predicted octanol–water partition coefficient (Wildman–Crippen LogP) is 4.04. The van der Waals surface area contributed by atoms with Crippen LogP contribution < -0.4 is 15.6 Å². The molecule has 1 aliphatic rings. The van der Waals surface area contributed by atoms with Crippen molar-refractivity contribution in [3.8, 4) is 11.5 Å². The SMILES string of the molecule is CC(C)(O)Cn1ccc(NC(=O)[C@H](CC2CCCC2)n2ncc(Oc3cc(F)ccc3F)cc2=O)n1. The number of aliphatic hydroxyl groups is 1. The molecule has 4 rings (SSSR count). The molecule has 1 saturated carbocycles. The van der Waals surface area contributed by atoms with Crippen molar-refractivity contribution < 1.29 is 23.4 Å². The first-order valence-electron chi connectivity index (χ1n) is 11.9. The highest BCUT2D eigenvalue weighted by Crippen LogP contribution is 2.32. The van der Waals surface area contributed by atoms with Crippen LogP contribution in [0.1, 0.15) is 52.0 Å². The molecule has 36 heavy (non-hydrogen) atoms. The van der Waals surface area contributed by atoms with Crippen molar-refractivity contribution in [2.24, 2.45) is 5.92 Å². The van der Waals surface area contributed by atoms with E-state index in [-0.39, 0.29) is 29.8 Å². The molecule has 9 nitrogen and oxygen atoms in total. The highest BCUT2D eigenvalue weighted by molar-refractivity contribution is 5.92. The molecule has 2 aromatic heterocycles. The molecule has 1 fully saturated rings. The van der Waals surface area contributed by atoms with Crippen molar-refractivity contribution in [1.82, 2.24) is 19.6 Å². The summed E-state index contributed by atoms with van der Waals surface area (Å²) < 4.78 is 35.3. The normalized spacial score (nSPS) is 15.1. The number of aromatic nitrogens is 4. The van der Waals surface area contributed by atoms with Crippen molar-refractivity contribution >= 4 is 11.7 Å². The van der Waals surface area contributed by atoms with Gasteiger partial charge in [-0.15, -0.1) is 0 Å². The maximum Gasteiger partial charge on any atom is 0.271 e. The average molecular weight is 502 g/mol. The number of hydrogen-bond donors (Lipinski definition) is 2. The third-order valence-corrected chi connectivity index (χ3v) is 5.99. The average Bonchev–Trinajstić information content (AvgIpc) is 3.46. The Balaban J connectivity index is 1.55. The second-order valence-corrected chi connectivity index (χ2v) is 9.75. The van der Waals surface area contributed by atoms with Gasteiger partial charge in [0.1, 0.15) is 11.9 Å². The molecule has 0 aliphatic heterocycles. The molecule has 2 heterocycles. The van der Waals surface area contributed by atoms with E-state index in [1.807, 2.05) is 0 Å². The monoisotopic (exact) mass is 501 g/mol. The summed E-state index contributed by atoms with van der Waals surface area (Å²) in [5.41, 5.74) is -1.59. The lowest BCUT2D eigenvalue weighted by Crippen LogP contribution is -2.36. The van der Waals surface area contributed by atoms with Crippen LogP contribution in [0.3, 0.4) is 0 Å². The lowest BCUT2D eigenvalue weighted by Gasteiger charge is -2.21. The largest absolute Gasteiger partial charge is 0.452 e. The lowest BCUT2D eigenvalue weighted by molar-refractivity contribution is -0.120. The van der Waals surface area contributed by atoms with Crippen molar-refractivity contribution in [1.29, 1.82) is 0 Å². The summed E-state index contributed by atoms with van der Waals surface area (Å²) >= 11 is 0. The van der Waals surface area contributed by atoms with Gasteiger partial charge in [-0.2, -0.15) is 10.2 Å². The molecule has 1 atom stereocenters. The van der Waals surface area contributed by atoms with Crippen LogP contribution in [-0.2, 0) is 11.3 Å². The first-order chi connectivity index (χ1) is 17.1. The van der Waals surface area contributed by atoms with Crippen LogP contribution in [0.25, 0.3) is 0 Å². The van der Waals surface area contributed by atoms with Crippen LogP contribution in [0.2, 0.25) is 0 Å². The number of ether oxygens (including phenoxy) is 1. The molecule has 0 unspecified atom stereocenters. The molecule has 1 aliphatic carbocycles. The first kappa shape index (κ1) is 25.5. The quantitative estimate of drug-likeness (QED) is 0.458. The molecule has 192 valence electrons. The Morgan fingerprint density at radius 1 is 1.25 bits per heavy atom. The number of rotatable bonds is 9. The van der Waals surface area contributed by atoms with E-state index in [9.17, 15) is 23.5 Å². The summed E-state index contributed by atoms with van der Waals surface area (Å²) in [6.07, 6.45) is 7.29. The third-order valence-electron chi connectivity index (χ3n) is 5.99. The van der Waals surface area contributed by atoms with Gasteiger partial charge in [-0.25, -0.2) is 13.5 Å². The molecule has 3 aromatic rings. The van der Waals surface area contributed by atoms with E-state index in [1.54, 1.807) is 26.1 Å². The second-order valence-electron chi connectivity index (χ2n) is 9.75. The fourth-order valence-electron chi connectivity index (χ4n) is 4.38. The van der Waals surface area contributed by atoms with E-state index in [1.165, 1.54) is 10.9 Å². The number of halogens is 2. The van der Waals surface area contributed by atoms with Gasteiger partial charge < -0.3 is 15.2 Å². The van der Waals surface area contributed by atoms with Crippen LogP contribution in [0.5, 0.6) is 11.5 Å². The number of hydrogen-bond acceptors (Lipinski definition) is 6. The minimum atomic E-state index is -0.978. The van der Waals surface area contributed by atoms with Gasteiger partial charge in [0.15, 0.2) is 23.1 Å². The van der Waals surface area contributed by atoms with Gasteiger partial charge in [0.25, 0.3) is 11.5 Å². The Morgan fingerprint density at radius 3 is 2.69 bits per heavy atom. The number of carbonyl (C=O) groups is 1. The fraction of sp³-hybridized carbons (Fsp3) is 0.440. The first-order valence-corrected chi connectivity index (χ1v) is 11.9. The molecule has 0 saturated heterocycles. The zero-order valence-corrected chi connectivity index (χ0v) is 20.2. The minimum Gasteiger partial charge on any atom is -0.452 e. The third kappa shape index (κ3) is 6.54. The topological polar surface area (TPSA) is 111 Å². The standard InChI is InChI=1S/C25H29F2N5O4/c1-25(2,35)15-31-10-9-22(30-31)29-24(34)20(11-16-5-3-4-6-16)32-23(33)13-18(14-28-32)36-21-12-17(26)7-8-19(21)27/h7-10,12-14,16,20,35H,3-6,11,15H2,1-2H3,(H,29,30,34)/t20-/m0/s1. The Labute approximate surface area is 206 Å². The number of carbonyl (C=O) groups excluding carboxylic acids is 1. The molecule has 11 heteroatoms. The van der Waals surface area contributed by atoms with E-state index in [0.29, 0.717) is 6.42 Å². The Kier molecular flexibility index (Phi) is 7.48. The van der Waals surface area contributed by atoms with Gasteiger partial charge in [0.05, 0.1) is 18.3 Å². The van der Waals surface area contributed by atoms with Crippen molar-refractivity contribution in [3.05, 3.63) is 64.7 Å². The lowest BCUT2D eigenvalue weighted by atomic mass is 9.98. The minimum absolute atomic E-state index is 0.0777. The second kappa shape index (κ2) is 10.6. The van der Waals surface area contributed by atoms with Gasteiger partial charge in [-0.05, 0) is 38.3 Å². The molecular formula is C25H29F2N5O4. The van der Waals surface area contributed by atoms with E-state index >= 15 is 0 Å². The maximum absolute atomic E-state index is 13.9. The van der Waals surface area contributed by atoms with Gasteiger partial charge in [-0.1, -0.05) is 25.7 Å². The molecule has 0 bridgehead atoms. The van der Waals surface area contributed by atoms with Crippen LogP contribution in [-0.4, -0.2) is 36.2 Å². The summed E-state index contributed by atoms with van der Waals surface area (Å²) in [4.78, 5) is 26.2. The van der Waals surface area contributed by atoms with Crippen LogP contribution in [0, 0.1) is 17.6 Å². The van der Waals surface area contributed by atoms with E-state index in [0.717, 1.165) is 54.6 Å². The van der Waals surface area contributed by atoms with Crippen molar-refractivity contribution in [2.45, 2.75) is 64.1 Å². The number of nitrogens with zero attached hydrogens (tertiary/aromatic N) is 4. The summed E-state index contributed by atoms with van der Waals surface area (Å²) in [5, 5.41) is 21.1. The molecule has 1 amide bonds. The van der Waals surface area contributed by atoms with Gasteiger partial charge in [0, 0.05) is 24.4 Å². The van der Waals surface area contributed by atoms with Crippen LogP contribution in [0.15, 0.2) is 47.5 Å². The Morgan fingerprint density at radius 2 is 2.00 bits per heavy atom. The maximum atomic E-state index is 13.9. The summed E-state index contributed by atoms with van der Waals surface area (Å²) in [6, 6.07) is 4.54. The zero-order chi connectivity index (χ0) is 25.9. The predicted molar refractivity (Wildman–Crippen MR) is 128 cm³/mol. The number of anilines is 1. The zero-order valence-electron chi connectivity index (χ0n) is 20.2. The van der Waals surface area contributed by atoms with Crippen molar-refractivity contribution in [3.63, 3.8) is 0 Å². The number of benzene rings is 1. The van der Waals surface area contributed by atoms with Crippen molar-refractivity contribution in [2.75, 3.05) is 5.32 Å². The molecule has 0 spiro atoms. The van der Waals surface area contributed by atoms with E-state index in [4.69, 9.17) is 4.74 Å². The summed E-state index contributed by atoms with van der Waals surface area (Å²) in [7, 11) is 0. The Hall–Kier alpha value is -3.60. The summed E-state index contributed by atoms with van der Waals surface area (Å²) in [5.74, 6) is -1.83. The highest BCUT2D eigenvalue weighted by Gasteiger charge is 2.29. The molecule has 2 N–H and O–H groups in total. The van der Waals surface area contributed by atoms with E-state index in [2.05, 4.69) is 15.5 Å². The fourth-order valence-corrected chi connectivity index (χ4v) is 4.38. The molecule has 0 radical (unpaired) electrons. The van der Waals surface area contributed by atoms with Crippen LogP contribution in [0.4, 0.5) is 14.6 Å². The van der Waals surface area contributed by atoms with Crippen LogP contribution >= 0.6 is 0 Å². The van der Waals surface area contributed by atoms with Gasteiger partial charge >= 0.3 is 0 Å². The summed E-state index contributed by atoms with van der Waals surface area (Å²) in [6.45, 7) is 3.54. The highest BCUT2D eigenvalue weighted by atomic mass is 19.1. The molecule has 1 aromatic carbocycles. The van der Waals surface area contributed by atoms with E-state index < -0.39 is 34.7 Å². The van der Waals surface area contributed by atoms with Gasteiger partial charge in [0.2, 0.25) is 0 Å². The smallest absolute Gasteiger partial charge is 0.271 e.